The third-order valence-corrected chi connectivity index (χ3v) is 3.51. The lowest BCUT2D eigenvalue weighted by Gasteiger charge is -2.04. The zero-order chi connectivity index (χ0) is 13.8. The van der Waals surface area contributed by atoms with Crippen LogP contribution < -0.4 is 0 Å². The lowest BCUT2D eigenvalue weighted by Crippen LogP contribution is -2.05. The van der Waals surface area contributed by atoms with Gasteiger partial charge in [-0.05, 0) is 43.7 Å². The molecular formula is C15H14FNOS. The van der Waals surface area contributed by atoms with E-state index in [0.29, 0.717) is 0 Å². The molecule has 1 heterocycles. The molecular weight excluding hydrogens is 261 g/mol. The minimum Gasteiger partial charge on any atom is -0.293 e. The van der Waals surface area contributed by atoms with Gasteiger partial charge in [-0.2, -0.15) is 0 Å². The molecule has 1 aromatic heterocycles. The van der Waals surface area contributed by atoms with Crippen molar-refractivity contribution >= 4 is 17.5 Å². The predicted octanol–water partition coefficient (Wildman–Crippen LogP) is 3.81. The molecule has 98 valence electrons. The first-order valence-corrected chi connectivity index (χ1v) is 6.90. The summed E-state index contributed by atoms with van der Waals surface area (Å²) in [5, 5.41) is 0.794. The van der Waals surface area contributed by atoms with Gasteiger partial charge in [0.25, 0.3) is 0 Å². The van der Waals surface area contributed by atoms with Crippen LogP contribution in [0, 0.1) is 19.7 Å². The summed E-state index contributed by atoms with van der Waals surface area (Å²) in [4.78, 5) is 16.3. The van der Waals surface area contributed by atoms with Crippen LogP contribution >= 0.6 is 11.8 Å². The van der Waals surface area contributed by atoms with Gasteiger partial charge in [0.05, 0.1) is 16.3 Å². The molecule has 0 atom stereocenters. The molecule has 0 aliphatic carbocycles. The molecule has 0 radical (unpaired) electrons. The Morgan fingerprint density at radius 3 is 2.68 bits per heavy atom. The maximum Gasteiger partial charge on any atom is 0.176 e. The molecule has 0 fully saturated rings. The normalized spacial score (nSPS) is 10.5. The average Bonchev–Trinajstić information content (AvgIpc) is 2.35. The molecule has 0 aliphatic heterocycles. The summed E-state index contributed by atoms with van der Waals surface area (Å²) in [6.07, 6.45) is 0. The third-order valence-electron chi connectivity index (χ3n) is 2.60. The third kappa shape index (κ3) is 3.64. The van der Waals surface area contributed by atoms with Gasteiger partial charge in [-0.3, -0.25) is 4.79 Å². The highest BCUT2D eigenvalue weighted by atomic mass is 32.2. The summed E-state index contributed by atoms with van der Waals surface area (Å²) in [5.41, 5.74) is 2.16. The van der Waals surface area contributed by atoms with Crippen molar-refractivity contribution in [3.63, 3.8) is 0 Å². The molecule has 0 spiro atoms. The summed E-state index contributed by atoms with van der Waals surface area (Å²) in [6.45, 7) is 3.90. The Hall–Kier alpha value is -1.68. The van der Waals surface area contributed by atoms with Crippen molar-refractivity contribution in [1.29, 1.82) is 0 Å². The molecule has 2 nitrogen and oxygen atoms in total. The first-order valence-electron chi connectivity index (χ1n) is 5.92. The van der Waals surface area contributed by atoms with Crippen molar-refractivity contribution in [1.82, 2.24) is 4.98 Å². The SMILES string of the molecule is Cc1cc(C)nc(SCC(=O)c2ccccc2F)c1. The van der Waals surface area contributed by atoms with E-state index in [0.717, 1.165) is 16.3 Å². The summed E-state index contributed by atoms with van der Waals surface area (Å²) >= 11 is 1.33. The van der Waals surface area contributed by atoms with Gasteiger partial charge in [0.1, 0.15) is 5.82 Å². The van der Waals surface area contributed by atoms with E-state index in [-0.39, 0.29) is 17.1 Å². The van der Waals surface area contributed by atoms with E-state index in [1.54, 1.807) is 12.1 Å². The van der Waals surface area contributed by atoms with E-state index in [9.17, 15) is 9.18 Å². The van der Waals surface area contributed by atoms with Gasteiger partial charge in [0, 0.05) is 5.69 Å². The maximum absolute atomic E-state index is 13.4. The van der Waals surface area contributed by atoms with Crippen molar-refractivity contribution < 1.29 is 9.18 Å². The molecule has 2 rings (SSSR count). The van der Waals surface area contributed by atoms with Crippen molar-refractivity contribution in [2.45, 2.75) is 18.9 Å². The van der Waals surface area contributed by atoms with Crippen LogP contribution in [0.5, 0.6) is 0 Å². The Labute approximate surface area is 116 Å². The highest BCUT2D eigenvalue weighted by molar-refractivity contribution is 7.99. The first kappa shape index (κ1) is 13.7. The number of hydrogen-bond donors (Lipinski definition) is 0. The van der Waals surface area contributed by atoms with Gasteiger partial charge in [0.15, 0.2) is 5.78 Å². The number of halogens is 1. The van der Waals surface area contributed by atoms with Gasteiger partial charge in [-0.1, -0.05) is 23.9 Å². The Bertz CT molecular complexity index is 593. The fourth-order valence-corrected chi connectivity index (χ4v) is 2.70. The Morgan fingerprint density at radius 1 is 1.26 bits per heavy atom. The molecule has 0 aliphatic rings. The van der Waals surface area contributed by atoms with Crippen LogP contribution in [0.15, 0.2) is 41.4 Å². The number of pyridine rings is 1. The van der Waals surface area contributed by atoms with Crippen molar-refractivity contribution in [2.75, 3.05) is 5.75 Å². The topological polar surface area (TPSA) is 30.0 Å². The van der Waals surface area contributed by atoms with E-state index in [1.165, 1.54) is 23.9 Å². The zero-order valence-electron chi connectivity index (χ0n) is 10.8. The van der Waals surface area contributed by atoms with Gasteiger partial charge in [-0.15, -0.1) is 0 Å². The minimum absolute atomic E-state index is 0.138. The van der Waals surface area contributed by atoms with Gasteiger partial charge < -0.3 is 0 Å². The van der Waals surface area contributed by atoms with Crippen LogP contribution in [-0.2, 0) is 0 Å². The van der Waals surface area contributed by atoms with Crippen LogP contribution in [0.25, 0.3) is 0 Å². The van der Waals surface area contributed by atoms with E-state index in [2.05, 4.69) is 4.98 Å². The lowest BCUT2D eigenvalue weighted by molar-refractivity contribution is 0.101. The second-order valence-electron chi connectivity index (χ2n) is 4.32. The van der Waals surface area contributed by atoms with Crippen LogP contribution in [0.2, 0.25) is 0 Å². The highest BCUT2D eigenvalue weighted by Crippen LogP contribution is 2.19. The second kappa shape index (κ2) is 5.97. The number of Topliss-reactive ketones (excluding diaryl/α,β-unsaturated/α-hetero) is 1. The largest absolute Gasteiger partial charge is 0.293 e. The number of aryl methyl sites for hydroxylation is 2. The summed E-state index contributed by atoms with van der Waals surface area (Å²) in [7, 11) is 0. The number of ketones is 1. The Kier molecular flexibility index (Phi) is 4.32. The van der Waals surface area contributed by atoms with Crippen molar-refractivity contribution in [3.8, 4) is 0 Å². The van der Waals surface area contributed by atoms with Gasteiger partial charge >= 0.3 is 0 Å². The Morgan fingerprint density at radius 2 is 2.00 bits per heavy atom. The quantitative estimate of drug-likeness (QED) is 0.627. The second-order valence-corrected chi connectivity index (χ2v) is 5.31. The molecule has 0 bridgehead atoms. The van der Waals surface area contributed by atoms with Crippen LogP contribution in [0.1, 0.15) is 21.6 Å². The average molecular weight is 275 g/mol. The fraction of sp³-hybridized carbons (Fsp3) is 0.200. The van der Waals surface area contributed by atoms with E-state index in [1.807, 2.05) is 26.0 Å². The number of benzene rings is 1. The number of nitrogens with zero attached hydrogens (tertiary/aromatic N) is 1. The molecule has 19 heavy (non-hydrogen) atoms. The molecule has 4 heteroatoms. The number of hydrogen-bond acceptors (Lipinski definition) is 3. The number of aromatic nitrogens is 1. The van der Waals surface area contributed by atoms with Crippen LogP contribution in [0.4, 0.5) is 4.39 Å². The van der Waals surface area contributed by atoms with Crippen LogP contribution in [-0.4, -0.2) is 16.5 Å². The summed E-state index contributed by atoms with van der Waals surface area (Å²) in [6, 6.07) is 9.94. The van der Waals surface area contributed by atoms with E-state index < -0.39 is 5.82 Å². The standard InChI is InChI=1S/C15H14FNOS/c1-10-7-11(2)17-15(8-10)19-9-14(18)12-5-3-4-6-13(12)16/h3-8H,9H2,1-2H3. The van der Waals surface area contributed by atoms with Gasteiger partial charge in [-0.25, -0.2) is 9.37 Å². The fourth-order valence-electron chi connectivity index (χ4n) is 1.78. The minimum atomic E-state index is -0.471. The smallest absolute Gasteiger partial charge is 0.176 e. The molecule has 0 N–H and O–H groups in total. The molecule has 1 aromatic carbocycles. The summed E-state index contributed by atoms with van der Waals surface area (Å²) < 4.78 is 13.4. The Balaban J connectivity index is 2.07. The molecule has 0 amide bonds. The number of carbonyl (C=O) groups excluding carboxylic acids is 1. The van der Waals surface area contributed by atoms with Gasteiger partial charge in [0.2, 0.25) is 0 Å². The monoisotopic (exact) mass is 275 g/mol. The molecule has 0 unspecified atom stereocenters. The van der Waals surface area contributed by atoms with Crippen molar-refractivity contribution in [3.05, 3.63) is 59.0 Å². The first-order chi connectivity index (χ1) is 9.06. The van der Waals surface area contributed by atoms with E-state index in [4.69, 9.17) is 0 Å². The van der Waals surface area contributed by atoms with E-state index >= 15 is 0 Å². The molecule has 2 aromatic rings. The molecule has 0 saturated carbocycles. The summed E-state index contributed by atoms with van der Waals surface area (Å²) in [5.74, 6) is -0.498. The maximum atomic E-state index is 13.4. The number of thioether (sulfide) groups is 1. The highest BCUT2D eigenvalue weighted by Gasteiger charge is 2.11. The van der Waals surface area contributed by atoms with Crippen LogP contribution in [0.3, 0.4) is 0 Å². The molecule has 0 saturated heterocycles. The van der Waals surface area contributed by atoms with Crippen molar-refractivity contribution in [2.24, 2.45) is 0 Å². The number of carbonyl (C=O) groups is 1. The lowest BCUT2D eigenvalue weighted by atomic mass is 10.1. The predicted molar refractivity (Wildman–Crippen MR) is 75.2 cm³/mol. The zero-order valence-corrected chi connectivity index (χ0v) is 11.6. The number of rotatable bonds is 4.